The van der Waals surface area contributed by atoms with Crippen molar-refractivity contribution in [2.75, 3.05) is 0 Å². The first kappa shape index (κ1) is 14.2. The van der Waals surface area contributed by atoms with Gasteiger partial charge in [-0.3, -0.25) is 14.7 Å². The first-order valence-electron chi connectivity index (χ1n) is 5.65. The van der Waals surface area contributed by atoms with E-state index >= 15 is 0 Å². The van der Waals surface area contributed by atoms with Gasteiger partial charge in [0, 0.05) is 5.69 Å². The monoisotopic (exact) mass is 253 g/mol. The predicted octanol–water partition coefficient (Wildman–Crippen LogP) is 1.34. The Morgan fingerprint density at radius 3 is 2.28 bits per heavy atom. The van der Waals surface area contributed by atoms with Crippen LogP contribution in [0.2, 0.25) is 0 Å². The van der Waals surface area contributed by atoms with E-state index in [0.717, 1.165) is 0 Å². The number of hydrogen-bond acceptors (Lipinski definition) is 3. The lowest BCUT2D eigenvalue weighted by atomic mass is 9.74. The summed E-state index contributed by atoms with van der Waals surface area (Å²) in [7, 11) is 0. The van der Waals surface area contributed by atoms with E-state index in [-0.39, 0.29) is 5.91 Å². The van der Waals surface area contributed by atoms with E-state index in [1.54, 1.807) is 34.6 Å². The molecule has 0 saturated heterocycles. The summed E-state index contributed by atoms with van der Waals surface area (Å²) in [5, 5.41) is 18.4. The van der Waals surface area contributed by atoms with Crippen molar-refractivity contribution >= 4 is 11.9 Å². The third-order valence-corrected chi connectivity index (χ3v) is 3.60. The molecule has 100 valence electrons. The van der Waals surface area contributed by atoms with Gasteiger partial charge in [0.1, 0.15) is 0 Å². The zero-order chi connectivity index (χ0) is 14.1. The lowest BCUT2D eigenvalue weighted by molar-refractivity contribution is -0.150. The lowest BCUT2D eigenvalue weighted by Crippen LogP contribution is -2.57. The maximum Gasteiger partial charge on any atom is 0.311 e. The van der Waals surface area contributed by atoms with Crippen molar-refractivity contribution in [3.05, 3.63) is 17.5 Å². The van der Waals surface area contributed by atoms with Crippen LogP contribution in [0.25, 0.3) is 0 Å². The maximum absolute atomic E-state index is 12.0. The molecule has 0 saturated carbocycles. The number of amides is 1. The van der Waals surface area contributed by atoms with Crippen LogP contribution in [0.3, 0.4) is 0 Å². The summed E-state index contributed by atoms with van der Waals surface area (Å²) in [6.45, 7) is 8.27. The highest BCUT2D eigenvalue weighted by Gasteiger charge is 2.44. The average molecular weight is 253 g/mol. The van der Waals surface area contributed by atoms with Gasteiger partial charge < -0.3 is 10.4 Å². The second-order valence-corrected chi connectivity index (χ2v) is 5.42. The van der Waals surface area contributed by atoms with Crippen LogP contribution in [-0.2, 0) is 4.79 Å². The second kappa shape index (κ2) is 4.44. The molecule has 0 bridgehead atoms. The van der Waals surface area contributed by atoms with Gasteiger partial charge in [-0.25, -0.2) is 0 Å². The van der Waals surface area contributed by atoms with Crippen LogP contribution >= 0.6 is 0 Å². The minimum atomic E-state index is -1.08. The van der Waals surface area contributed by atoms with Gasteiger partial charge in [0.2, 0.25) is 0 Å². The van der Waals surface area contributed by atoms with Gasteiger partial charge in [0.15, 0.2) is 0 Å². The van der Waals surface area contributed by atoms with Gasteiger partial charge in [0.05, 0.1) is 22.7 Å². The molecular formula is C12H19N3O3. The highest BCUT2D eigenvalue weighted by molar-refractivity contribution is 5.96. The van der Waals surface area contributed by atoms with E-state index < -0.39 is 16.9 Å². The number of carbonyl (C=O) groups excluding carboxylic acids is 1. The summed E-state index contributed by atoms with van der Waals surface area (Å²) >= 11 is 0. The Hall–Kier alpha value is -1.85. The molecule has 18 heavy (non-hydrogen) atoms. The molecule has 0 aromatic carbocycles. The summed E-state index contributed by atoms with van der Waals surface area (Å²) in [4.78, 5) is 23.3. The zero-order valence-electron chi connectivity index (χ0n) is 11.3. The minimum absolute atomic E-state index is 0.333. The lowest BCUT2D eigenvalue weighted by Gasteiger charge is -2.38. The standard InChI is InChI=1S/C12H19N3O3/c1-7-8(6-13-15-7)9(16)14-12(4,5)11(2,3)10(17)18/h6H,1-5H3,(H,13,15)(H,14,16)(H,17,18). The number of nitrogens with one attached hydrogen (secondary N) is 2. The Kier molecular flexibility index (Phi) is 3.50. The van der Waals surface area contributed by atoms with E-state index in [0.29, 0.717) is 11.3 Å². The molecule has 0 unspecified atom stereocenters. The first-order chi connectivity index (χ1) is 8.09. The van der Waals surface area contributed by atoms with Crippen molar-refractivity contribution in [1.82, 2.24) is 15.5 Å². The number of aromatic amines is 1. The number of rotatable bonds is 4. The molecule has 1 rings (SSSR count). The van der Waals surface area contributed by atoms with Crippen molar-refractivity contribution in [2.24, 2.45) is 5.41 Å². The Morgan fingerprint density at radius 1 is 1.33 bits per heavy atom. The number of aliphatic carboxylic acids is 1. The Labute approximate surface area is 106 Å². The van der Waals surface area contributed by atoms with Gasteiger partial charge in [-0.1, -0.05) is 0 Å². The fourth-order valence-corrected chi connectivity index (χ4v) is 1.35. The molecule has 1 aromatic rings. The van der Waals surface area contributed by atoms with E-state index in [9.17, 15) is 14.7 Å². The van der Waals surface area contributed by atoms with Crippen LogP contribution in [0.15, 0.2) is 6.20 Å². The quantitative estimate of drug-likeness (QED) is 0.754. The van der Waals surface area contributed by atoms with E-state index in [4.69, 9.17) is 0 Å². The predicted molar refractivity (Wildman–Crippen MR) is 66.3 cm³/mol. The number of nitrogens with zero attached hydrogens (tertiary/aromatic N) is 1. The number of aryl methyl sites for hydroxylation is 1. The van der Waals surface area contributed by atoms with Crippen LogP contribution in [0.5, 0.6) is 0 Å². The van der Waals surface area contributed by atoms with Crippen molar-refractivity contribution < 1.29 is 14.7 Å². The average Bonchev–Trinajstić information content (AvgIpc) is 2.63. The molecule has 1 heterocycles. The molecule has 3 N–H and O–H groups in total. The van der Waals surface area contributed by atoms with E-state index in [1.165, 1.54) is 6.20 Å². The molecule has 0 radical (unpaired) electrons. The largest absolute Gasteiger partial charge is 0.481 e. The molecule has 6 nitrogen and oxygen atoms in total. The van der Waals surface area contributed by atoms with E-state index in [2.05, 4.69) is 15.5 Å². The molecule has 0 atom stereocenters. The number of carboxylic acid groups (broad SMARTS) is 1. The fourth-order valence-electron chi connectivity index (χ4n) is 1.35. The number of carboxylic acids is 1. The SMILES string of the molecule is Cc1[nH]ncc1C(=O)NC(C)(C)C(C)(C)C(=O)O. The zero-order valence-corrected chi connectivity index (χ0v) is 11.3. The molecule has 1 aromatic heterocycles. The van der Waals surface area contributed by atoms with Gasteiger partial charge in [-0.15, -0.1) is 0 Å². The van der Waals surface area contributed by atoms with Crippen LogP contribution in [-0.4, -0.2) is 32.7 Å². The van der Waals surface area contributed by atoms with Gasteiger partial charge in [-0.05, 0) is 34.6 Å². The summed E-state index contributed by atoms with van der Waals surface area (Å²) in [5.74, 6) is -1.29. The number of carbonyl (C=O) groups is 2. The molecule has 0 fully saturated rings. The van der Waals surface area contributed by atoms with Crippen molar-refractivity contribution in [3.8, 4) is 0 Å². The molecule has 0 aliphatic rings. The molecule has 0 aliphatic heterocycles. The molecule has 0 spiro atoms. The maximum atomic E-state index is 12.0. The number of aromatic nitrogens is 2. The summed E-state index contributed by atoms with van der Waals surface area (Å²) < 4.78 is 0. The summed E-state index contributed by atoms with van der Waals surface area (Å²) in [6, 6.07) is 0. The molecule has 6 heteroatoms. The normalized spacial score (nSPS) is 12.3. The molecular weight excluding hydrogens is 234 g/mol. The second-order valence-electron chi connectivity index (χ2n) is 5.42. The van der Waals surface area contributed by atoms with Gasteiger partial charge >= 0.3 is 5.97 Å². The van der Waals surface area contributed by atoms with Crippen LogP contribution < -0.4 is 5.32 Å². The van der Waals surface area contributed by atoms with Crippen LogP contribution in [0.1, 0.15) is 43.7 Å². The highest BCUT2D eigenvalue weighted by Crippen LogP contribution is 2.31. The fraction of sp³-hybridized carbons (Fsp3) is 0.583. The Morgan fingerprint density at radius 2 is 1.89 bits per heavy atom. The van der Waals surface area contributed by atoms with Crippen molar-refractivity contribution in [2.45, 2.75) is 40.2 Å². The highest BCUT2D eigenvalue weighted by atomic mass is 16.4. The third kappa shape index (κ3) is 2.37. The summed E-state index contributed by atoms with van der Waals surface area (Å²) in [5.41, 5.74) is -0.902. The van der Waals surface area contributed by atoms with E-state index in [1.807, 2.05) is 0 Å². The van der Waals surface area contributed by atoms with Crippen LogP contribution in [0.4, 0.5) is 0 Å². The van der Waals surface area contributed by atoms with Crippen molar-refractivity contribution in [3.63, 3.8) is 0 Å². The number of H-pyrrole nitrogens is 1. The van der Waals surface area contributed by atoms with Crippen LogP contribution in [0, 0.1) is 12.3 Å². The minimum Gasteiger partial charge on any atom is -0.481 e. The van der Waals surface area contributed by atoms with Crippen molar-refractivity contribution in [1.29, 1.82) is 0 Å². The molecule has 1 amide bonds. The smallest absolute Gasteiger partial charge is 0.311 e. The number of hydrogen-bond donors (Lipinski definition) is 3. The van der Waals surface area contributed by atoms with Gasteiger partial charge in [0.25, 0.3) is 5.91 Å². The first-order valence-corrected chi connectivity index (χ1v) is 5.65. The van der Waals surface area contributed by atoms with Gasteiger partial charge in [-0.2, -0.15) is 5.10 Å². The Balaban J connectivity index is 2.94. The third-order valence-electron chi connectivity index (χ3n) is 3.60. The Bertz CT molecular complexity index is 475. The summed E-state index contributed by atoms with van der Waals surface area (Å²) in [6.07, 6.45) is 1.43. The topological polar surface area (TPSA) is 95.1 Å². The molecule has 0 aliphatic carbocycles.